The molecule has 1 N–H and O–H groups in total. The van der Waals surface area contributed by atoms with Crippen LogP contribution in [-0.4, -0.2) is 29.1 Å². The Labute approximate surface area is 144 Å². The van der Waals surface area contributed by atoms with Crippen LogP contribution in [0.25, 0.3) is 0 Å². The minimum Gasteiger partial charge on any atom is -0.494 e. The van der Waals surface area contributed by atoms with E-state index in [2.05, 4.69) is 15.5 Å². The molecular weight excluding hydrogens is 326 g/mol. The second-order valence-electron chi connectivity index (χ2n) is 5.04. The van der Waals surface area contributed by atoms with Gasteiger partial charge in [-0.05, 0) is 43.2 Å². The first-order valence-corrected chi connectivity index (χ1v) is 8.46. The summed E-state index contributed by atoms with van der Waals surface area (Å²) in [4.78, 5) is 12.0. The Bertz CT molecular complexity index is 739. The van der Waals surface area contributed by atoms with Crippen LogP contribution >= 0.6 is 11.8 Å². The number of carbonyl (C=O) groups is 1. The summed E-state index contributed by atoms with van der Waals surface area (Å²) >= 11 is 1.38. The van der Waals surface area contributed by atoms with E-state index in [-0.39, 0.29) is 11.2 Å². The standard InChI is InChI=1S/C17H17N3O3S/c1-2-22-13-7-5-12(6-8-13)10-15-16(21)19-17(24-15)20-18-11-14-4-3-9-23-14/h3-9,11,15H,2,10H2,1H3,(H,19,20,21)/b18-11-. The third-order valence-electron chi connectivity index (χ3n) is 3.31. The summed E-state index contributed by atoms with van der Waals surface area (Å²) in [5.41, 5.74) is 1.08. The zero-order valence-corrected chi connectivity index (χ0v) is 14.0. The van der Waals surface area contributed by atoms with Gasteiger partial charge in [-0.2, -0.15) is 5.10 Å². The molecule has 0 aliphatic carbocycles. The van der Waals surface area contributed by atoms with E-state index in [0.717, 1.165) is 11.3 Å². The van der Waals surface area contributed by atoms with Crippen molar-refractivity contribution in [1.82, 2.24) is 5.32 Å². The molecule has 1 atom stereocenters. The third kappa shape index (κ3) is 4.26. The first-order chi connectivity index (χ1) is 11.7. The maximum atomic E-state index is 12.0. The molecule has 1 fully saturated rings. The second-order valence-corrected chi connectivity index (χ2v) is 6.23. The van der Waals surface area contributed by atoms with E-state index in [1.54, 1.807) is 18.4 Å². The number of amidine groups is 1. The van der Waals surface area contributed by atoms with E-state index in [9.17, 15) is 4.79 Å². The summed E-state index contributed by atoms with van der Waals surface area (Å²) in [6.45, 7) is 2.58. The molecule has 1 amide bonds. The van der Waals surface area contributed by atoms with Gasteiger partial charge in [0.1, 0.15) is 11.5 Å². The number of carbonyl (C=O) groups excluding carboxylic acids is 1. The molecule has 24 heavy (non-hydrogen) atoms. The highest BCUT2D eigenvalue weighted by Crippen LogP contribution is 2.24. The minimum absolute atomic E-state index is 0.0548. The lowest BCUT2D eigenvalue weighted by Gasteiger charge is -2.07. The summed E-state index contributed by atoms with van der Waals surface area (Å²) in [7, 11) is 0. The Morgan fingerprint density at radius 1 is 1.33 bits per heavy atom. The maximum Gasteiger partial charge on any atom is 0.239 e. The fourth-order valence-electron chi connectivity index (χ4n) is 2.19. The van der Waals surface area contributed by atoms with Crippen LogP contribution in [0.3, 0.4) is 0 Å². The van der Waals surface area contributed by atoms with Crippen LogP contribution in [0.2, 0.25) is 0 Å². The highest BCUT2D eigenvalue weighted by Gasteiger charge is 2.30. The lowest BCUT2D eigenvalue weighted by molar-refractivity contribution is -0.118. The van der Waals surface area contributed by atoms with Gasteiger partial charge in [0, 0.05) is 0 Å². The lowest BCUT2D eigenvalue weighted by atomic mass is 10.1. The van der Waals surface area contributed by atoms with Gasteiger partial charge in [0.2, 0.25) is 5.91 Å². The van der Waals surface area contributed by atoms with Gasteiger partial charge in [-0.3, -0.25) is 4.79 Å². The minimum atomic E-state index is -0.208. The van der Waals surface area contributed by atoms with Gasteiger partial charge in [0.05, 0.1) is 24.3 Å². The summed E-state index contributed by atoms with van der Waals surface area (Å²) in [6.07, 6.45) is 3.69. The first-order valence-electron chi connectivity index (χ1n) is 7.58. The molecular formula is C17H17N3O3S. The summed E-state index contributed by atoms with van der Waals surface area (Å²) in [6, 6.07) is 11.3. The van der Waals surface area contributed by atoms with Crippen molar-refractivity contribution in [2.24, 2.45) is 10.2 Å². The van der Waals surface area contributed by atoms with Gasteiger partial charge in [-0.15, -0.1) is 5.10 Å². The maximum absolute atomic E-state index is 12.0. The van der Waals surface area contributed by atoms with Gasteiger partial charge >= 0.3 is 0 Å². The normalized spacial score (nSPS) is 19.1. The lowest BCUT2D eigenvalue weighted by Crippen LogP contribution is -2.25. The van der Waals surface area contributed by atoms with E-state index in [1.165, 1.54) is 18.0 Å². The Balaban J connectivity index is 1.58. The van der Waals surface area contributed by atoms with Crippen molar-refractivity contribution in [3.8, 4) is 5.75 Å². The van der Waals surface area contributed by atoms with Crippen molar-refractivity contribution in [1.29, 1.82) is 0 Å². The number of ether oxygens (including phenoxy) is 1. The molecule has 1 aromatic heterocycles. The van der Waals surface area contributed by atoms with Gasteiger partial charge in [0.25, 0.3) is 0 Å². The van der Waals surface area contributed by atoms with E-state index in [4.69, 9.17) is 9.15 Å². The molecule has 1 aromatic carbocycles. The Morgan fingerprint density at radius 3 is 2.88 bits per heavy atom. The van der Waals surface area contributed by atoms with Gasteiger partial charge < -0.3 is 14.5 Å². The molecule has 7 heteroatoms. The molecule has 0 saturated carbocycles. The Kier molecular flexibility index (Phi) is 5.32. The van der Waals surface area contributed by atoms with Crippen LogP contribution in [0.1, 0.15) is 18.2 Å². The van der Waals surface area contributed by atoms with Crippen LogP contribution in [-0.2, 0) is 11.2 Å². The zero-order valence-electron chi connectivity index (χ0n) is 13.1. The third-order valence-corrected chi connectivity index (χ3v) is 4.38. The number of benzene rings is 1. The molecule has 6 nitrogen and oxygen atoms in total. The SMILES string of the molecule is CCOc1ccc(CC2S/C(=N\N=C/c3ccco3)NC2=O)cc1. The quantitative estimate of drug-likeness (QED) is 0.646. The van der Waals surface area contributed by atoms with Crippen LogP contribution in [0.5, 0.6) is 5.75 Å². The number of amides is 1. The monoisotopic (exact) mass is 343 g/mol. The van der Waals surface area contributed by atoms with Crippen molar-refractivity contribution < 1.29 is 13.9 Å². The molecule has 3 rings (SSSR count). The molecule has 1 unspecified atom stereocenters. The van der Waals surface area contributed by atoms with Crippen molar-refractivity contribution in [3.63, 3.8) is 0 Å². The van der Waals surface area contributed by atoms with Crippen molar-refractivity contribution in [3.05, 3.63) is 54.0 Å². The van der Waals surface area contributed by atoms with Gasteiger partial charge in [-0.1, -0.05) is 23.9 Å². The number of nitrogens with one attached hydrogen (secondary N) is 1. The molecule has 2 heterocycles. The molecule has 2 aromatic rings. The van der Waals surface area contributed by atoms with Crippen LogP contribution in [0.4, 0.5) is 0 Å². The second kappa shape index (κ2) is 7.83. The molecule has 0 radical (unpaired) electrons. The summed E-state index contributed by atoms with van der Waals surface area (Å²) in [5.74, 6) is 1.39. The van der Waals surface area contributed by atoms with E-state index in [0.29, 0.717) is 24.0 Å². The van der Waals surface area contributed by atoms with E-state index in [1.807, 2.05) is 31.2 Å². The Hall–Kier alpha value is -2.54. The predicted molar refractivity (Wildman–Crippen MR) is 94.6 cm³/mol. The average molecular weight is 343 g/mol. The highest BCUT2D eigenvalue weighted by atomic mass is 32.2. The number of nitrogens with zero attached hydrogens (tertiary/aromatic N) is 2. The molecule has 1 saturated heterocycles. The highest BCUT2D eigenvalue weighted by molar-refractivity contribution is 8.15. The number of thioether (sulfide) groups is 1. The fourth-order valence-corrected chi connectivity index (χ4v) is 3.16. The fraction of sp³-hybridized carbons (Fsp3) is 0.235. The van der Waals surface area contributed by atoms with Gasteiger partial charge in [0.15, 0.2) is 5.17 Å². The van der Waals surface area contributed by atoms with Crippen molar-refractivity contribution in [2.75, 3.05) is 6.61 Å². The Morgan fingerprint density at radius 2 is 2.17 bits per heavy atom. The topological polar surface area (TPSA) is 76.2 Å². The van der Waals surface area contributed by atoms with Crippen LogP contribution < -0.4 is 10.1 Å². The number of hydrogen-bond donors (Lipinski definition) is 1. The average Bonchev–Trinajstić information content (AvgIpc) is 3.20. The smallest absolute Gasteiger partial charge is 0.239 e. The molecule has 0 spiro atoms. The summed E-state index contributed by atoms with van der Waals surface area (Å²) < 4.78 is 10.5. The molecule has 0 bridgehead atoms. The zero-order chi connectivity index (χ0) is 16.8. The first kappa shape index (κ1) is 16.3. The number of hydrogen-bond acceptors (Lipinski definition) is 6. The molecule has 124 valence electrons. The van der Waals surface area contributed by atoms with E-state index >= 15 is 0 Å². The van der Waals surface area contributed by atoms with Crippen molar-refractivity contribution >= 4 is 29.1 Å². The number of furan rings is 1. The summed E-state index contributed by atoms with van der Waals surface area (Å²) in [5, 5.41) is 11.0. The van der Waals surface area contributed by atoms with Crippen molar-refractivity contribution in [2.45, 2.75) is 18.6 Å². The predicted octanol–water partition coefficient (Wildman–Crippen LogP) is 2.84. The van der Waals surface area contributed by atoms with Gasteiger partial charge in [-0.25, -0.2) is 0 Å². The molecule has 1 aliphatic heterocycles. The van der Waals surface area contributed by atoms with E-state index < -0.39 is 0 Å². The van der Waals surface area contributed by atoms with Crippen LogP contribution in [0.15, 0.2) is 57.3 Å². The molecule has 1 aliphatic rings. The largest absolute Gasteiger partial charge is 0.494 e. The van der Waals surface area contributed by atoms with Crippen LogP contribution in [0, 0.1) is 0 Å². The number of rotatable bonds is 6.